The number of hydrogen-bond acceptors (Lipinski definition) is 5. The number of nitrogens with one attached hydrogen (secondary N) is 1. The average molecular weight is 371 g/mol. The molecule has 3 rings (SSSR count). The summed E-state index contributed by atoms with van der Waals surface area (Å²) in [5.74, 6) is -1.03. The molecule has 1 aliphatic heterocycles. The molecule has 2 aromatic rings. The minimum Gasteiger partial charge on any atom is -0.454 e. The van der Waals surface area contributed by atoms with Gasteiger partial charge in [0.1, 0.15) is 22.1 Å². The SMILES string of the molecule is CC(O)(CNS(=O)(=O)c1cc(F)ccc1F)c1ccc2c(c1)OCO2. The van der Waals surface area contributed by atoms with Crippen LogP contribution in [-0.2, 0) is 15.6 Å². The van der Waals surface area contributed by atoms with Crippen molar-refractivity contribution in [1.29, 1.82) is 0 Å². The number of sulfonamides is 1. The molecule has 0 fully saturated rings. The molecule has 0 saturated heterocycles. The molecule has 0 radical (unpaired) electrons. The van der Waals surface area contributed by atoms with Gasteiger partial charge in [-0.3, -0.25) is 0 Å². The van der Waals surface area contributed by atoms with E-state index in [1.54, 1.807) is 12.1 Å². The quantitative estimate of drug-likeness (QED) is 0.838. The maximum atomic E-state index is 13.7. The van der Waals surface area contributed by atoms with Crippen LogP contribution >= 0.6 is 0 Å². The predicted molar refractivity (Wildman–Crippen MR) is 83.7 cm³/mol. The van der Waals surface area contributed by atoms with Crippen molar-refractivity contribution >= 4 is 10.0 Å². The Labute approximate surface area is 143 Å². The standard InChI is InChI=1S/C16H15F2NO5S/c1-16(20,10-2-5-13-14(6-10)24-9-23-13)8-19-25(21,22)15-7-11(17)3-4-12(15)18/h2-7,19-20H,8-9H2,1H3. The van der Waals surface area contributed by atoms with Crippen LogP contribution in [0.1, 0.15) is 12.5 Å². The zero-order valence-corrected chi connectivity index (χ0v) is 13.9. The number of benzene rings is 2. The molecule has 1 heterocycles. The van der Waals surface area contributed by atoms with Crippen molar-refractivity contribution in [1.82, 2.24) is 4.72 Å². The van der Waals surface area contributed by atoms with Gasteiger partial charge in [-0.2, -0.15) is 0 Å². The zero-order valence-electron chi connectivity index (χ0n) is 13.1. The molecule has 6 nitrogen and oxygen atoms in total. The smallest absolute Gasteiger partial charge is 0.243 e. The molecule has 25 heavy (non-hydrogen) atoms. The lowest BCUT2D eigenvalue weighted by Gasteiger charge is -2.24. The zero-order chi connectivity index (χ0) is 18.2. The number of hydrogen-bond donors (Lipinski definition) is 2. The Morgan fingerprint density at radius 1 is 1.16 bits per heavy atom. The first-order valence-corrected chi connectivity index (χ1v) is 8.75. The van der Waals surface area contributed by atoms with Gasteiger partial charge in [-0.25, -0.2) is 21.9 Å². The van der Waals surface area contributed by atoms with Crippen molar-refractivity contribution < 1.29 is 31.8 Å². The van der Waals surface area contributed by atoms with Crippen LogP contribution in [0.2, 0.25) is 0 Å². The molecule has 0 spiro atoms. The highest BCUT2D eigenvalue weighted by molar-refractivity contribution is 7.89. The highest BCUT2D eigenvalue weighted by Crippen LogP contribution is 2.35. The fourth-order valence-electron chi connectivity index (χ4n) is 2.33. The molecule has 0 bridgehead atoms. The summed E-state index contributed by atoms with van der Waals surface area (Å²) in [6, 6.07) is 6.79. The van der Waals surface area contributed by atoms with Gasteiger partial charge in [0, 0.05) is 6.54 Å². The second-order valence-electron chi connectivity index (χ2n) is 5.74. The van der Waals surface area contributed by atoms with Gasteiger partial charge in [0.2, 0.25) is 16.8 Å². The topological polar surface area (TPSA) is 84.9 Å². The van der Waals surface area contributed by atoms with Crippen LogP contribution in [0.25, 0.3) is 0 Å². The highest BCUT2D eigenvalue weighted by atomic mass is 32.2. The number of rotatable bonds is 5. The first-order chi connectivity index (χ1) is 11.7. The normalized spacial score (nSPS) is 15.8. The Morgan fingerprint density at radius 3 is 2.64 bits per heavy atom. The van der Waals surface area contributed by atoms with E-state index in [0.717, 1.165) is 12.1 Å². The maximum Gasteiger partial charge on any atom is 0.243 e. The van der Waals surface area contributed by atoms with Gasteiger partial charge in [-0.05, 0) is 42.8 Å². The van der Waals surface area contributed by atoms with E-state index in [0.29, 0.717) is 23.1 Å². The maximum absolute atomic E-state index is 13.7. The fraction of sp³-hybridized carbons (Fsp3) is 0.250. The molecule has 1 aliphatic rings. The average Bonchev–Trinajstić information content (AvgIpc) is 3.03. The van der Waals surface area contributed by atoms with Crippen molar-refractivity contribution in [2.45, 2.75) is 17.4 Å². The van der Waals surface area contributed by atoms with Gasteiger partial charge in [0.05, 0.1) is 0 Å². The summed E-state index contributed by atoms with van der Waals surface area (Å²) in [7, 11) is -4.35. The van der Waals surface area contributed by atoms with Crippen molar-refractivity contribution in [3.8, 4) is 11.5 Å². The van der Waals surface area contributed by atoms with Crippen molar-refractivity contribution in [2.75, 3.05) is 13.3 Å². The predicted octanol–water partition coefficient (Wildman–Crippen LogP) is 1.88. The molecule has 1 unspecified atom stereocenters. The number of ether oxygens (including phenoxy) is 2. The summed E-state index contributed by atoms with van der Waals surface area (Å²) in [6.45, 7) is 0.992. The third-order valence-electron chi connectivity index (χ3n) is 3.78. The summed E-state index contributed by atoms with van der Waals surface area (Å²) in [5.41, 5.74) is -1.24. The summed E-state index contributed by atoms with van der Waals surface area (Å²) in [6.07, 6.45) is 0. The van der Waals surface area contributed by atoms with E-state index in [4.69, 9.17) is 9.47 Å². The van der Waals surface area contributed by atoms with Crippen LogP contribution in [0.3, 0.4) is 0 Å². The van der Waals surface area contributed by atoms with E-state index in [1.165, 1.54) is 13.0 Å². The Hall–Kier alpha value is -2.23. The third-order valence-corrected chi connectivity index (χ3v) is 5.20. The van der Waals surface area contributed by atoms with Crippen LogP contribution in [-0.4, -0.2) is 26.9 Å². The Kier molecular flexibility index (Phi) is 4.40. The summed E-state index contributed by atoms with van der Waals surface area (Å²) in [5, 5.41) is 10.6. The first kappa shape index (κ1) is 17.6. The lowest BCUT2D eigenvalue weighted by molar-refractivity contribution is 0.0625. The number of fused-ring (bicyclic) bond motifs is 1. The highest BCUT2D eigenvalue weighted by Gasteiger charge is 2.29. The minimum absolute atomic E-state index is 0.0619. The van der Waals surface area contributed by atoms with Gasteiger partial charge < -0.3 is 14.6 Å². The van der Waals surface area contributed by atoms with E-state index >= 15 is 0 Å². The largest absolute Gasteiger partial charge is 0.454 e. The molecule has 2 N–H and O–H groups in total. The molecule has 0 aliphatic carbocycles. The summed E-state index contributed by atoms with van der Waals surface area (Å²) in [4.78, 5) is -0.825. The number of aliphatic hydroxyl groups is 1. The molecule has 134 valence electrons. The first-order valence-electron chi connectivity index (χ1n) is 7.26. The van der Waals surface area contributed by atoms with Crippen LogP contribution in [0.15, 0.2) is 41.3 Å². The van der Waals surface area contributed by atoms with E-state index in [1.807, 2.05) is 0 Å². The van der Waals surface area contributed by atoms with Crippen molar-refractivity contribution in [2.24, 2.45) is 0 Å². The lowest BCUT2D eigenvalue weighted by atomic mass is 9.96. The van der Waals surface area contributed by atoms with Crippen molar-refractivity contribution in [3.63, 3.8) is 0 Å². The molecule has 1 atom stereocenters. The van der Waals surface area contributed by atoms with Gasteiger partial charge in [-0.1, -0.05) is 6.07 Å². The monoisotopic (exact) mass is 371 g/mol. The van der Waals surface area contributed by atoms with Gasteiger partial charge in [0.15, 0.2) is 11.5 Å². The second-order valence-corrected chi connectivity index (χ2v) is 7.48. The van der Waals surface area contributed by atoms with Gasteiger partial charge in [0.25, 0.3) is 0 Å². The molecule has 0 saturated carbocycles. The molecule has 0 aromatic heterocycles. The lowest BCUT2D eigenvalue weighted by Crippen LogP contribution is -2.38. The third kappa shape index (κ3) is 3.58. The van der Waals surface area contributed by atoms with E-state index in [2.05, 4.69) is 4.72 Å². The molecular weight excluding hydrogens is 356 g/mol. The minimum atomic E-state index is -4.35. The van der Waals surface area contributed by atoms with Crippen LogP contribution in [0.5, 0.6) is 11.5 Å². The molecular formula is C16H15F2NO5S. The fourth-order valence-corrected chi connectivity index (χ4v) is 3.55. The van der Waals surface area contributed by atoms with Crippen LogP contribution in [0.4, 0.5) is 8.78 Å². The van der Waals surface area contributed by atoms with Crippen molar-refractivity contribution in [3.05, 3.63) is 53.6 Å². The molecule has 9 heteroatoms. The Morgan fingerprint density at radius 2 is 1.88 bits per heavy atom. The summed E-state index contributed by atoms with van der Waals surface area (Å²) < 4.78 is 63.8. The van der Waals surface area contributed by atoms with Gasteiger partial charge in [-0.15, -0.1) is 0 Å². The van der Waals surface area contributed by atoms with Gasteiger partial charge >= 0.3 is 0 Å². The molecule has 0 amide bonds. The van der Waals surface area contributed by atoms with E-state index in [9.17, 15) is 22.3 Å². The van der Waals surface area contributed by atoms with E-state index < -0.39 is 38.7 Å². The number of halogens is 2. The Bertz CT molecular complexity index is 915. The molecule has 2 aromatic carbocycles. The van der Waals surface area contributed by atoms with Crippen LogP contribution < -0.4 is 14.2 Å². The Balaban J connectivity index is 1.80. The van der Waals surface area contributed by atoms with Crippen LogP contribution in [0, 0.1) is 11.6 Å². The second kappa shape index (κ2) is 6.25. The summed E-state index contributed by atoms with van der Waals surface area (Å²) >= 11 is 0. The van der Waals surface area contributed by atoms with E-state index in [-0.39, 0.29) is 6.79 Å².